The highest BCUT2D eigenvalue weighted by Gasteiger charge is 2.09. The van der Waals surface area contributed by atoms with Crippen molar-refractivity contribution in [1.82, 2.24) is 0 Å². The first-order valence-corrected chi connectivity index (χ1v) is 7.11. The Bertz CT molecular complexity index is 436. The molecule has 1 unspecified atom stereocenters. The quantitative estimate of drug-likeness (QED) is 0.833. The summed E-state index contributed by atoms with van der Waals surface area (Å²) in [7, 11) is 0. The number of nitrogens with two attached hydrogens (primary N) is 1. The second-order valence-electron chi connectivity index (χ2n) is 3.66. The molecule has 1 nitrogen and oxygen atoms in total. The van der Waals surface area contributed by atoms with Crippen molar-refractivity contribution in [2.24, 2.45) is 5.73 Å². The zero-order valence-corrected chi connectivity index (χ0v) is 10.9. The summed E-state index contributed by atoms with van der Waals surface area (Å²) < 4.78 is 0. The van der Waals surface area contributed by atoms with E-state index in [1.54, 1.807) is 11.3 Å². The number of aryl methyl sites for hydroxylation is 1. The highest BCUT2D eigenvalue weighted by molar-refractivity contribution is 7.99. The summed E-state index contributed by atoms with van der Waals surface area (Å²) in [6, 6.07) is 12.7. The van der Waals surface area contributed by atoms with Crippen molar-refractivity contribution in [3.63, 3.8) is 0 Å². The molecule has 1 aromatic carbocycles. The van der Waals surface area contributed by atoms with Crippen molar-refractivity contribution in [3.8, 4) is 0 Å². The predicted octanol–water partition coefficient (Wildman–Crippen LogP) is 3.85. The fourth-order valence-corrected chi connectivity index (χ4v) is 3.25. The van der Waals surface area contributed by atoms with Gasteiger partial charge in [0.05, 0.1) is 0 Å². The van der Waals surface area contributed by atoms with Gasteiger partial charge in [-0.1, -0.05) is 18.2 Å². The first-order valence-electron chi connectivity index (χ1n) is 5.25. The van der Waals surface area contributed by atoms with Crippen molar-refractivity contribution in [1.29, 1.82) is 0 Å². The van der Waals surface area contributed by atoms with Gasteiger partial charge in [-0.05, 0) is 36.1 Å². The Labute approximate surface area is 105 Å². The molecule has 0 bridgehead atoms. The van der Waals surface area contributed by atoms with Crippen molar-refractivity contribution in [2.45, 2.75) is 17.9 Å². The molecule has 0 aliphatic rings. The molecule has 0 aliphatic carbocycles. The molecule has 0 aliphatic heterocycles. The SMILES string of the molecule is Cc1sccc1C(N)CSc1ccccc1. The molecule has 0 saturated heterocycles. The number of thioether (sulfide) groups is 1. The lowest BCUT2D eigenvalue weighted by atomic mass is 10.1. The zero-order valence-electron chi connectivity index (χ0n) is 9.22. The molecule has 2 aromatic rings. The molecule has 84 valence electrons. The molecule has 1 heterocycles. The second kappa shape index (κ2) is 5.53. The third-order valence-corrected chi connectivity index (χ3v) is 4.46. The molecule has 1 atom stereocenters. The average molecular weight is 249 g/mol. The van der Waals surface area contributed by atoms with Crippen LogP contribution in [-0.4, -0.2) is 5.75 Å². The topological polar surface area (TPSA) is 26.0 Å². The van der Waals surface area contributed by atoms with Crippen LogP contribution in [0.4, 0.5) is 0 Å². The minimum Gasteiger partial charge on any atom is -0.323 e. The molecule has 2 N–H and O–H groups in total. The zero-order chi connectivity index (χ0) is 11.4. The first-order chi connectivity index (χ1) is 7.77. The minimum atomic E-state index is 0.136. The summed E-state index contributed by atoms with van der Waals surface area (Å²) >= 11 is 3.58. The molecule has 0 radical (unpaired) electrons. The molecular formula is C13H15NS2. The van der Waals surface area contributed by atoms with Crippen molar-refractivity contribution < 1.29 is 0 Å². The summed E-state index contributed by atoms with van der Waals surface area (Å²) in [5, 5.41) is 2.11. The molecule has 0 saturated carbocycles. The Kier molecular flexibility index (Phi) is 4.04. The largest absolute Gasteiger partial charge is 0.323 e. The molecule has 1 aromatic heterocycles. The van der Waals surface area contributed by atoms with Crippen LogP contribution in [0.15, 0.2) is 46.7 Å². The second-order valence-corrected chi connectivity index (χ2v) is 5.88. The lowest BCUT2D eigenvalue weighted by Crippen LogP contribution is -2.12. The summed E-state index contributed by atoms with van der Waals surface area (Å²) in [5.41, 5.74) is 7.46. The van der Waals surface area contributed by atoms with Crippen LogP contribution in [0.1, 0.15) is 16.5 Å². The highest BCUT2D eigenvalue weighted by Crippen LogP contribution is 2.26. The van der Waals surface area contributed by atoms with E-state index in [0.29, 0.717) is 0 Å². The Morgan fingerprint density at radius 3 is 2.62 bits per heavy atom. The average Bonchev–Trinajstić information content (AvgIpc) is 2.74. The monoisotopic (exact) mass is 249 g/mol. The van der Waals surface area contributed by atoms with E-state index in [2.05, 4.69) is 42.6 Å². The van der Waals surface area contributed by atoms with Gasteiger partial charge in [0.15, 0.2) is 0 Å². The number of hydrogen-bond donors (Lipinski definition) is 1. The van der Waals surface area contributed by atoms with E-state index in [1.165, 1.54) is 15.3 Å². The number of rotatable bonds is 4. The fraction of sp³-hybridized carbons (Fsp3) is 0.231. The number of hydrogen-bond acceptors (Lipinski definition) is 3. The van der Waals surface area contributed by atoms with E-state index in [-0.39, 0.29) is 6.04 Å². The Balaban J connectivity index is 1.94. The third-order valence-electron chi connectivity index (χ3n) is 2.47. The summed E-state index contributed by atoms with van der Waals surface area (Å²) in [6.45, 7) is 2.13. The van der Waals surface area contributed by atoms with Crippen LogP contribution in [-0.2, 0) is 0 Å². The Hall–Kier alpha value is -0.770. The van der Waals surface area contributed by atoms with Gasteiger partial charge in [0.25, 0.3) is 0 Å². The van der Waals surface area contributed by atoms with Gasteiger partial charge in [-0.3, -0.25) is 0 Å². The van der Waals surface area contributed by atoms with E-state index >= 15 is 0 Å². The van der Waals surface area contributed by atoms with Crippen LogP contribution in [0.2, 0.25) is 0 Å². The van der Waals surface area contributed by atoms with E-state index in [1.807, 2.05) is 17.8 Å². The van der Waals surface area contributed by atoms with Crippen LogP contribution in [0.5, 0.6) is 0 Å². The van der Waals surface area contributed by atoms with Crippen molar-refractivity contribution >= 4 is 23.1 Å². The lowest BCUT2D eigenvalue weighted by molar-refractivity contribution is 0.829. The van der Waals surface area contributed by atoms with E-state index in [9.17, 15) is 0 Å². The van der Waals surface area contributed by atoms with Gasteiger partial charge in [0.2, 0.25) is 0 Å². The molecular weight excluding hydrogens is 234 g/mol. The predicted molar refractivity (Wildman–Crippen MR) is 73.2 cm³/mol. The summed E-state index contributed by atoms with van der Waals surface area (Å²) in [5.74, 6) is 0.932. The Morgan fingerprint density at radius 2 is 2.00 bits per heavy atom. The van der Waals surface area contributed by atoms with Crippen LogP contribution in [0.25, 0.3) is 0 Å². The summed E-state index contributed by atoms with van der Waals surface area (Å²) in [4.78, 5) is 2.62. The van der Waals surface area contributed by atoms with Gasteiger partial charge in [0.1, 0.15) is 0 Å². The molecule has 0 fully saturated rings. The van der Waals surface area contributed by atoms with E-state index in [4.69, 9.17) is 5.73 Å². The standard InChI is InChI=1S/C13H15NS2/c1-10-12(7-8-15-10)13(14)9-16-11-5-3-2-4-6-11/h2-8,13H,9,14H2,1H3. The normalized spacial score (nSPS) is 12.6. The van der Waals surface area contributed by atoms with Gasteiger partial charge in [-0.2, -0.15) is 0 Å². The fourth-order valence-electron chi connectivity index (χ4n) is 1.57. The van der Waals surface area contributed by atoms with Crippen LogP contribution in [0, 0.1) is 6.92 Å². The van der Waals surface area contributed by atoms with Crippen molar-refractivity contribution in [2.75, 3.05) is 5.75 Å². The minimum absolute atomic E-state index is 0.136. The van der Waals surface area contributed by atoms with Gasteiger partial charge in [-0.15, -0.1) is 23.1 Å². The molecule has 0 spiro atoms. The van der Waals surface area contributed by atoms with Crippen LogP contribution >= 0.6 is 23.1 Å². The lowest BCUT2D eigenvalue weighted by Gasteiger charge is -2.10. The van der Waals surface area contributed by atoms with E-state index < -0.39 is 0 Å². The van der Waals surface area contributed by atoms with Gasteiger partial charge < -0.3 is 5.73 Å². The molecule has 16 heavy (non-hydrogen) atoms. The number of benzene rings is 1. The molecule has 3 heteroatoms. The van der Waals surface area contributed by atoms with Gasteiger partial charge in [0, 0.05) is 21.6 Å². The number of thiophene rings is 1. The maximum absolute atomic E-state index is 6.17. The smallest absolute Gasteiger partial charge is 0.0401 e. The highest BCUT2D eigenvalue weighted by atomic mass is 32.2. The molecule has 0 amide bonds. The van der Waals surface area contributed by atoms with Crippen LogP contribution in [0.3, 0.4) is 0 Å². The van der Waals surface area contributed by atoms with Crippen LogP contribution < -0.4 is 5.73 Å². The maximum Gasteiger partial charge on any atom is 0.0401 e. The third kappa shape index (κ3) is 2.88. The first kappa shape index (κ1) is 11.7. The van der Waals surface area contributed by atoms with E-state index in [0.717, 1.165) is 5.75 Å². The Morgan fingerprint density at radius 1 is 1.25 bits per heavy atom. The summed E-state index contributed by atoms with van der Waals surface area (Å²) in [6.07, 6.45) is 0. The van der Waals surface area contributed by atoms with Gasteiger partial charge in [-0.25, -0.2) is 0 Å². The maximum atomic E-state index is 6.17. The van der Waals surface area contributed by atoms with Gasteiger partial charge >= 0.3 is 0 Å². The molecule has 2 rings (SSSR count). The van der Waals surface area contributed by atoms with Crippen molar-refractivity contribution in [3.05, 3.63) is 52.2 Å².